The van der Waals surface area contributed by atoms with Gasteiger partial charge in [-0.3, -0.25) is 9.59 Å². The highest BCUT2D eigenvalue weighted by Crippen LogP contribution is 2.36. The molecule has 6 heteroatoms. The molecule has 0 aromatic heterocycles. The second-order valence-corrected chi connectivity index (χ2v) is 5.63. The number of fused-ring (bicyclic) bond motifs is 2. The second kappa shape index (κ2) is 5.98. The number of carbonyl (C=O) groups is 2. The number of allylic oxidation sites excluding steroid dienone is 1. The molecule has 2 aliphatic heterocycles. The van der Waals surface area contributed by atoms with Crippen LogP contribution in [-0.4, -0.2) is 24.5 Å². The molecule has 0 N–H and O–H groups in total. The summed E-state index contributed by atoms with van der Waals surface area (Å²) in [6.45, 7) is 1.59. The third-order valence-electron chi connectivity index (χ3n) is 3.77. The number of hydrogen-bond donors (Lipinski definition) is 0. The minimum Gasteiger partial charge on any atom is -0.485 e. The maximum Gasteiger partial charge on any atom is 0.308 e. The van der Waals surface area contributed by atoms with Gasteiger partial charge in [-0.2, -0.15) is 0 Å². The first-order valence-electron chi connectivity index (χ1n) is 7.75. The van der Waals surface area contributed by atoms with E-state index in [-0.39, 0.29) is 18.1 Å². The van der Waals surface area contributed by atoms with Crippen LogP contribution < -0.4 is 18.9 Å². The van der Waals surface area contributed by atoms with E-state index in [1.165, 1.54) is 13.0 Å². The van der Waals surface area contributed by atoms with E-state index in [1.54, 1.807) is 24.3 Å². The van der Waals surface area contributed by atoms with Crippen molar-refractivity contribution < 1.29 is 28.5 Å². The first-order chi connectivity index (χ1) is 12.1. The van der Waals surface area contributed by atoms with E-state index >= 15 is 0 Å². The maximum absolute atomic E-state index is 12.5. The number of rotatable bonds is 2. The highest BCUT2D eigenvalue weighted by Gasteiger charge is 2.30. The van der Waals surface area contributed by atoms with E-state index in [9.17, 15) is 9.59 Å². The minimum atomic E-state index is -0.438. The number of Topliss-reactive ketones (excluding diaryl/α,β-unsaturated/α-hetero) is 1. The summed E-state index contributed by atoms with van der Waals surface area (Å²) in [7, 11) is 0. The van der Waals surface area contributed by atoms with Gasteiger partial charge in [0, 0.05) is 19.1 Å². The normalized spacial score (nSPS) is 19.3. The number of hydrogen-bond acceptors (Lipinski definition) is 6. The summed E-state index contributed by atoms with van der Waals surface area (Å²) >= 11 is 0. The lowest BCUT2D eigenvalue weighted by atomic mass is 10.1. The van der Waals surface area contributed by atoms with Crippen molar-refractivity contribution in [3.8, 4) is 23.0 Å². The van der Waals surface area contributed by atoms with Crippen molar-refractivity contribution in [2.24, 2.45) is 0 Å². The number of para-hydroxylation sites is 2. The fourth-order valence-electron chi connectivity index (χ4n) is 2.70. The fraction of sp³-hybridized carbons (Fsp3) is 0.158. The van der Waals surface area contributed by atoms with Crippen LogP contribution >= 0.6 is 0 Å². The third kappa shape index (κ3) is 2.94. The summed E-state index contributed by atoms with van der Waals surface area (Å²) in [4.78, 5) is 23.5. The van der Waals surface area contributed by atoms with E-state index in [0.29, 0.717) is 28.6 Å². The zero-order valence-corrected chi connectivity index (χ0v) is 13.4. The molecule has 2 heterocycles. The Kier molecular flexibility index (Phi) is 3.65. The van der Waals surface area contributed by atoms with Gasteiger partial charge in [-0.25, -0.2) is 0 Å². The predicted molar refractivity (Wildman–Crippen MR) is 87.1 cm³/mol. The molecule has 25 heavy (non-hydrogen) atoms. The fourth-order valence-corrected chi connectivity index (χ4v) is 2.70. The van der Waals surface area contributed by atoms with Gasteiger partial charge in [-0.1, -0.05) is 12.1 Å². The first kappa shape index (κ1) is 15.3. The summed E-state index contributed by atoms with van der Waals surface area (Å²) in [5.41, 5.74) is 0.416. The molecule has 0 spiro atoms. The average Bonchev–Trinajstić information content (AvgIpc) is 2.89. The van der Waals surface area contributed by atoms with Crippen molar-refractivity contribution in [3.63, 3.8) is 0 Å². The van der Waals surface area contributed by atoms with Gasteiger partial charge in [-0.15, -0.1) is 0 Å². The Hall–Kier alpha value is -3.28. The highest BCUT2D eigenvalue weighted by molar-refractivity contribution is 6.12. The smallest absolute Gasteiger partial charge is 0.308 e. The molecular weight excluding hydrogens is 324 g/mol. The van der Waals surface area contributed by atoms with Gasteiger partial charge >= 0.3 is 5.97 Å². The standard InChI is InChI=1S/C19H14O6/c1-11(20)23-12-6-7-14-17(8-12)25-18(19(14)21)9-13-10-22-15-4-2-3-5-16(15)24-13/h2-9,13H,10H2,1H3. The number of esters is 1. The molecule has 0 radical (unpaired) electrons. The molecule has 126 valence electrons. The van der Waals surface area contributed by atoms with Crippen LogP contribution in [0.25, 0.3) is 0 Å². The molecule has 0 saturated heterocycles. The lowest BCUT2D eigenvalue weighted by Gasteiger charge is -2.24. The second-order valence-electron chi connectivity index (χ2n) is 5.63. The van der Waals surface area contributed by atoms with Gasteiger partial charge in [0.25, 0.3) is 0 Å². The Morgan fingerprint density at radius 1 is 1.16 bits per heavy atom. The van der Waals surface area contributed by atoms with Crippen molar-refractivity contribution in [2.75, 3.05) is 6.61 Å². The topological polar surface area (TPSA) is 71.1 Å². The summed E-state index contributed by atoms with van der Waals surface area (Å²) in [6, 6.07) is 12.0. The summed E-state index contributed by atoms with van der Waals surface area (Å²) in [6.07, 6.45) is 1.17. The van der Waals surface area contributed by atoms with Crippen LogP contribution in [0.1, 0.15) is 17.3 Å². The van der Waals surface area contributed by atoms with Gasteiger partial charge in [-0.05, 0) is 24.3 Å². The summed E-state index contributed by atoms with van der Waals surface area (Å²) < 4.78 is 22.1. The Morgan fingerprint density at radius 3 is 2.76 bits per heavy atom. The molecule has 2 aromatic rings. The molecule has 0 saturated carbocycles. The zero-order chi connectivity index (χ0) is 17.4. The van der Waals surface area contributed by atoms with Crippen molar-refractivity contribution in [1.82, 2.24) is 0 Å². The van der Waals surface area contributed by atoms with Gasteiger partial charge < -0.3 is 18.9 Å². The number of ketones is 1. The number of ether oxygens (including phenoxy) is 4. The Balaban J connectivity index is 1.55. The van der Waals surface area contributed by atoms with Crippen molar-refractivity contribution in [2.45, 2.75) is 13.0 Å². The Bertz CT molecular complexity index is 899. The van der Waals surface area contributed by atoms with Crippen LogP contribution in [0.5, 0.6) is 23.0 Å². The van der Waals surface area contributed by atoms with Crippen LogP contribution in [0.3, 0.4) is 0 Å². The van der Waals surface area contributed by atoms with E-state index in [2.05, 4.69) is 0 Å². The Labute approximate surface area is 143 Å². The van der Waals surface area contributed by atoms with Crippen LogP contribution in [0.2, 0.25) is 0 Å². The molecule has 0 aliphatic carbocycles. The molecule has 4 rings (SSSR count). The zero-order valence-electron chi connectivity index (χ0n) is 13.4. The number of benzene rings is 2. The summed E-state index contributed by atoms with van der Waals surface area (Å²) in [5.74, 6) is 1.46. The van der Waals surface area contributed by atoms with E-state index < -0.39 is 12.1 Å². The molecule has 2 aliphatic rings. The maximum atomic E-state index is 12.5. The summed E-state index contributed by atoms with van der Waals surface area (Å²) in [5, 5.41) is 0. The molecule has 0 fully saturated rings. The molecule has 2 aromatic carbocycles. The van der Waals surface area contributed by atoms with E-state index in [4.69, 9.17) is 18.9 Å². The predicted octanol–water partition coefficient (Wildman–Crippen LogP) is 2.91. The molecular formula is C19H14O6. The SMILES string of the molecule is CC(=O)Oc1ccc2c(c1)OC(=CC1COc3ccccc3O1)C2=O. The average molecular weight is 338 g/mol. The lowest BCUT2D eigenvalue weighted by molar-refractivity contribution is -0.131. The molecule has 1 atom stereocenters. The van der Waals surface area contributed by atoms with E-state index in [1.807, 2.05) is 18.2 Å². The molecule has 0 bridgehead atoms. The Morgan fingerprint density at radius 2 is 1.96 bits per heavy atom. The van der Waals surface area contributed by atoms with Crippen LogP contribution in [0.15, 0.2) is 54.3 Å². The lowest BCUT2D eigenvalue weighted by Crippen LogP contribution is -2.28. The third-order valence-corrected chi connectivity index (χ3v) is 3.77. The molecule has 0 amide bonds. The van der Waals surface area contributed by atoms with Crippen molar-refractivity contribution in [3.05, 3.63) is 59.9 Å². The van der Waals surface area contributed by atoms with Crippen molar-refractivity contribution in [1.29, 1.82) is 0 Å². The van der Waals surface area contributed by atoms with Gasteiger partial charge in [0.05, 0.1) is 5.56 Å². The first-order valence-corrected chi connectivity index (χ1v) is 7.75. The molecule has 1 unspecified atom stereocenters. The van der Waals surface area contributed by atoms with Gasteiger partial charge in [0.2, 0.25) is 5.78 Å². The van der Waals surface area contributed by atoms with Crippen LogP contribution in [0.4, 0.5) is 0 Å². The van der Waals surface area contributed by atoms with Crippen LogP contribution in [0, 0.1) is 0 Å². The van der Waals surface area contributed by atoms with E-state index in [0.717, 1.165) is 0 Å². The number of carbonyl (C=O) groups excluding carboxylic acids is 2. The van der Waals surface area contributed by atoms with Crippen molar-refractivity contribution >= 4 is 11.8 Å². The van der Waals surface area contributed by atoms with Gasteiger partial charge in [0.1, 0.15) is 18.1 Å². The largest absolute Gasteiger partial charge is 0.485 e. The minimum absolute atomic E-state index is 0.169. The van der Waals surface area contributed by atoms with Crippen LogP contribution in [-0.2, 0) is 4.79 Å². The highest BCUT2D eigenvalue weighted by atomic mass is 16.6. The quantitative estimate of drug-likeness (QED) is 0.476. The monoisotopic (exact) mass is 338 g/mol. The molecule has 6 nitrogen and oxygen atoms in total. The van der Waals surface area contributed by atoms with Gasteiger partial charge in [0.15, 0.2) is 23.4 Å².